The van der Waals surface area contributed by atoms with Gasteiger partial charge >= 0.3 is 5.97 Å². The molecule has 1 aliphatic heterocycles. The molecule has 1 saturated heterocycles. The number of likely N-dealkylation sites (tertiary alicyclic amines) is 1. The van der Waals surface area contributed by atoms with Gasteiger partial charge in [-0.15, -0.1) is 0 Å². The summed E-state index contributed by atoms with van der Waals surface area (Å²) in [4.78, 5) is 35.6. The zero-order chi connectivity index (χ0) is 17.1. The number of amides is 2. The van der Waals surface area contributed by atoms with E-state index in [1.165, 1.54) is 44.9 Å². The van der Waals surface area contributed by atoms with E-state index in [1.807, 2.05) is 0 Å². The third kappa shape index (κ3) is 7.14. The van der Waals surface area contributed by atoms with Crippen LogP contribution in [0.2, 0.25) is 0 Å². The molecule has 0 aromatic heterocycles. The Morgan fingerprint density at radius 1 is 0.913 bits per heavy atom. The minimum absolute atomic E-state index is 0.153. The third-order valence-electron chi connectivity index (χ3n) is 4.52. The molecule has 0 saturated carbocycles. The van der Waals surface area contributed by atoms with E-state index in [0.717, 1.165) is 24.2 Å². The van der Waals surface area contributed by atoms with Gasteiger partial charge in [-0.25, -0.2) is 4.79 Å². The zero-order valence-corrected chi connectivity index (χ0v) is 14.4. The molecule has 5 heteroatoms. The van der Waals surface area contributed by atoms with Crippen molar-refractivity contribution in [2.45, 2.75) is 96.4 Å². The summed E-state index contributed by atoms with van der Waals surface area (Å²) >= 11 is 0. The molecule has 1 atom stereocenters. The lowest BCUT2D eigenvalue weighted by atomic mass is 10.0. The van der Waals surface area contributed by atoms with Gasteiger partial charge in [0, 0.05) is 12.8 Å². The summed E-state index contributed by atoms with van der Waals surface area (Å²) in [6.45, 7) is 2.22. The van der Waals surface area contributed by atoms with Crippen molar-refractivity contribution < 1.29 is 19.5 Å². The van der Waals surface area contributed by atoms with Gasteiger partial charge in [0.1, 0.15) is 6.04 Å². The largest absolute Gasteiger partial charge is 0.480 e. The van der Waals surface area contributed by atoms with Gasteiger partial charge in [-0.1, -0.05) is 71.1 Å². The number of carbonyl (C=O) groups excluding carboxylic acids is 2. The van der Waals surface area contributed by atoms with Crippen LogP contribution >= 0.6 is 0 Å². The van der Waals surface area contributed by atoms with E-state index >= 15 is 0 Å². The number of hydrogen-bond donors (Lipinski definition) is 1. The molecule has 0 bridgehead atoms. The Balaban J connectivity index is 2.14. The molecule has 1 aliphatic rings. The molecule has 5 nitrogen and oxygen atoms in total. The molecule has 23 heavy (non-hydrogen) atoms. The number of hydrogen-bond acceptors (Lipinski definition) is 3. The maximum Gasteiger partial charge on any atom is 0.326 e. The van der Waals surface area contributed by atoms with E-state index in [4.69, 9.17) is 0 Å². The number of aliphatic carboxylic acids is 1. The first-order chi connectivity index (χ1) is 11.1. The van der Waals surface area contributed by atoms with Crippen LogP contribution < -0.4 is 0 Å². The van der Waals surface area contributed by atoms with Gasteiger partial charge < -0.3 is 5.11 Å². The SMILES string of the molecule is CCCCCCCCCCCCC(C(=O)O)N1C(=O)CCC1=O. The fourth-order valence-electron chi connectivity index (χ4n) is 3.13. The number of rotatable bonds is 13. The number of carbonyl (C=O) groups is 3. The molecule has 2 amide bonds. The molecule has 1 unspecified atom stereocenters. The van der Waals surface area contributed by atoms with Crippen LogP contribution in [0.15, 0.2) is 0 Å². The predicted octanol–water partition coefficient (Wildman–Crippen LogP) is 3.90. The van der Waals surface area contributed by atoms with Gasteiger partial charge in [0.15, 0.2) is 0 Å². The molecule has 132 valence electrons. The molecule has 1 heterocycles. The molecule has 0 spiro atoms. The Morgan fingerprint density at radius 2 is 1.35 bits per heavy atom. The topological polar surface area (TPSA) is 74.7 Å². The van der Waals surface area contributed by atoms with Gasteiger partial charge in [0.25, 0.3) is 0 Å². The molecule has 0 radical (unpaired) electrons. The lowest BCUT2D eigenvalue weighted by Crippen LogP contribution is -2.44. The quantitative estimate of drug-likeness (QED) is 0.411. The summed E-state index contributed by atoms with van der Waals surface area (Å²) in [6, 6.07) is -0.966. The number of unbranched alkanes of at least 4 members (excludes halogenated alkanes) is 9. The third-order valence-corrected chi connectivity index (χ3v) is 4.52. The van der Waals surface area contributed by atoms with E-state index in [1.54, 1.807) is 0 Å². The normalized spacial score (nSPS) is 16.1. The Hall–Kier alpha value is -1.39. The second-order valence-corrected chi connectivity index (χ2v) is 6.48. The summed E-state index contributed by atoms with van der Waals surface area (Å²) in [7, 11) is 0. The molecule has 1 rings (SSSR count). The van der Waals surface area contributed by atoms with Crippen LogP contribution in [-0.2, 0) is 14.4 Å². The molecular weight excluding hydrogens is 294 g/mol. The van der Waals surface area contributed by atoms with Gasteiger partial charge in [-0.3, -0.25) is 14.5 Å². The van der Waals surface area contributed by atoms with E-state index in [-0.39, 0.29) is 24.7 Å². The number of carboxylic acid groups (broad SMARTS) is 1. The monoisotopic (exact) mass is 325 g/mol. The van der Waals surface area contributed by atoms with Crippen LogP contribution in [0.3, 0.4) is 0 Å². The van der Waals surface area contributed by atoms with Crippen LogP contribution in [0, 0.1) is 0 Å². The Kier molecular flexibility index (Phi) is 9.57. The average molecular weight is 325 g/mol. The van der Waals surface area contributed by atoms with Gasteiger partial charge in [0.05, 0.1) is 0 Å². The molecular formula is C18H31NO4. The summed E-state index contributed by atoms with van der Waals surface area (Å²) < 4.78 is 0. The predicted molar refractivity (Wildman–Crippen MR) is 89.0 cm³/mol. The Labute approximate surface area is 139 Å². The molecule has 1 fully saturated rings. The number of carboxylic acids is 1. The zero-order valence-electron chi connectivity index (χ0n) is 14.4. The highest BCUT2D eigenvalue weighted by molar-refractivity contribution is 6.04. The van der Waals surface area contributed by atoms with Crippen molar-refractivity contribution in [1.29, 1.82) is 0 Å². The number of nitrogens with zero attached hydrogens (tertiary/aromatic N) is 1. The molecule has 0 aromatic rings. The second kappa shape index (κ2) is 11.2. The first-order valence-electron chi connectivity index (χ1n) is 9.15. The Morgan fingerprint density at radius 3 is 1.78 bits per heavy atom. The van der Waals surface area contributed by atoms with E-state index in [9.17, 15) is 19.5 Å². The first-order valence-corrected chi connectivity index (χ1v) is 9.15. The highest BCUT2D eigenvalue weighted by Crippen LogP contribution is 2.20. The van der Waals surface area contributed by atoms with Crippen LogP contribution in [0.1, 0.15) is 90.4 Å². The summed E-state index contributed by atoms with van der Waals surface area (Å²) in [6.07, 6.45) is 12.5. The van der Waals surface area contributed by atoms with Crippen LogP contribution in [0.4, 0.5) is 0 Å². The fraction of sp³-hybridized carbons (Fsp3) is 0.833. The van der Waals surface area contributed by atoms with Crippen molar-refractivity contribution in [3.05, 3.63) is 0 Å². The van der Waals surface area contributed by atoms with E-state index in [2.05, 4.69) is 6.92 Å². The maximum absolute atomic E-state index is 11.7. The Bertz CT molecular complexity index is 378. The van der Waals surface area contributed by atoms with Crippen molar-refractivity contribution in [3.8, 4) is 0 Å². The minimum Gasteiger partial charge on any atom is -0.480 e. The van der Waals surface area contributed by atoms with E-state index < -0.39 is 12.0 Å². The highest BCUT2D eigenvalue weighted by atomic mass is 16.4. The van der Waals surface area contributed by atoms with Crippen LogP contribution in [-0.4, -0.2) is 33.8 Å². The van der Waals surface area contributed by atoms with Gasteiger partial charge in [0.2, 0.25) is 11.8 Å². The number of imide groups is 1. The summed E-state index contributed by atoms with van der Waals surface area (Å²) in [5, 5.41) is 9.27. The van der Waals surface area contributed by atoms with Crippen molar-refractivity contribution in [2.75, 3.05) is 0 Å². The summed E-state index contributed by atoms with van der Waals surface area (Å²) in [5.41, 5.74) is 0. The maximum atomic E-state index is 11.7. The fourth-order valence-corrected chi connectivity index (χ4v) is 3.13. The van der Waals surface area contributed by atoms with Crippen molar-refractivity contribution >= 4 is 17.8 Å². The molecule has 0 aromatic carbocycles. The lowest BCUT2D eigenvalue weighted by molar-refractivity contribution is -0.154. The van der Waals surface area contributed by atoms with Crippen LogP contribution in [0.5, 0.6) is 0 Å². The van der Waals surface area contributed by atoms with Gasteiger partial charge in [-0.2, -0.15) is 0 Å². The molecule has 1 N–H and O–H groups in total. The van der Waals surface area contributed by atoms with Crippen LogP contribution in [0.25, 0.3) is 0 Å². The first kappa shape index (κ1) is 19.7. The standard InChI is InChI=1S/C18H31NO4/c1-2-3-4-5-6-7-8-9-10-11-12-15(18(22)23)19-16(20)13-14-17(19)21/h15H,2-14H2,1H3,(H,22,23). The van der Waals surface area contributed by atoms with Crippen molar-refractivity contribution in [2.24, 2.45) is 0 Å². The lowest BCUT2D eigenvalue weighted by Gasteiger charge is -2.22. The van der Waals surface area contributed by atoms with E-state index in [0.29, 0.717) is 6.42 Å². The second-order valence-electron chi connectivity index (χ2n) is 6.48. The minimum atomic E-state index is -1.07. The highest BCUT2D eigenvalue weighted by Gasteiger charge is 2.38. The molecule has 0 aliphatic carbocycles. The average Bonchev–Trinajstić information content (AvgIpc) is 2.84. The summed E-state index contributed by atoms with van der Waals surface area (Å²) in [5.74, 6) is -1.74. The van der Waals surface area contributed by atoms with Gasteiger partial charge in [-0.05, 0) is 6.42 Å². The van der Waals surface area contributed by atoms with Crippen molar-refractivity contribution in [1.82, 2.24) is 4.90 Å². The van der Waals surface area contributed by atoms with Crippen molar-refractivity contribution in [3.63, 3.8) is 0 Å². The smallest absolute Gasteiger partial charge is 0.326 e.